The molecular formula is C31H32BrClN6O3. The molecule has 1 atom stereocenters. The van der Waals surface area contributed by atoms with Gasteiger partial charge in [-0.15, -0.1) is 5.10 Å². The third-order valence-corrected chi connectivity index (χ3v) is 7.89. The second kappa shape index (κ2) is 14.0. The van der Waals surface area contributed by atoms with Crippen molar-refractivity contribution in [2.45, 2.75) is 45.8 Å². The highest BCUT2D eigenvalue weighted by Gasteiger charge is 2.30. The lowest BCUT2D eigenvalue weighted by Crippen LogP contribution is -2.28. The van der Waals surface area contributed by atoms with Gasteiger partial charge in [0.25, 0.3) is 0 Å². The maximum atomic E-state index is 13.2. The highest BCUT2D eigenvalue weighted by molar-refractivity contribution is 9.10. The molecule has 0 saturated heterocycles. The molecule has 9 nitrogen and oxygen atoms in total. The maximum absolute atomic E-state index is 13.2. The molecule has 2 heterocycles. The van der Waals surface area contributed by atoms with E-state index in [0.717, 1.165) is 51.6 Å². The van der Waals surface area contributed by atoms with E-state index < -0.39 is 12.0 Å². The van der Waals surface area contributed by atoms with Crippen molar-refractivity contribution >= 4 is 44.4 Å². The van der Waals surface area contributed by atoms with Crippen LogP contribution >= 0.6 is 27.5 Å². The molecule has 11 heteroatoms. The second-order valence-corrected chi connectivity index (χ2v) is 11.0. The number of fused-ring (bicyclic) bond motifs is 1. The topological polar surface area (TPSA) is 107 Å². The summed E-state index contributed by atoms with van der Waals surface area (Å²) >= 11 is 9.86. The minimum Gasteiger partial charge on any atom is -0.489 e. The summed E-state index contributed by atoms with van der Waals surface area (Å²) in [6.45, 7) is 5.32. The normalized spacial score (nSPS) is 12.0. The molecule has 0 amide bonds. The first-order valence-corrected chi connectivity index (χ1v) is 15.1. The van der Waals surface area contributed by atoms with Gasteiger partial charge in [0, 0.05) is 31.5 Å². The van der Waals surface area contributed by atoms with Gasteiger partial charge >= 0.3 is 5.97 Å². The zero-order chi connectivity index (χ0) is 29.5. The molecule has 0 spiro atoms. The molecule has 0 fully saturated rings. The number of carbonyl (C=O) groups is 1. The monoisotopic (exact) mass is 650 g/mol. The summed E-state index contributed by atoms with van der Waals surface area (Å²) in [6, 6.07) is 20.5. The number of nitrogens with zero attached hydrogens (tertiary/aromatic N) is 4. The third-order valence-electron chi connectivity index (χ3n) is 6.88. The lowest BCUT2D eigenvalue weighted by atomic mass is 10.0. The lowest BCUT2D eigenvalue weighted by molar-refractivity contribution is 0.0518. The molecule has 0 aliphatic heterocycles. The van der Waals surface area contributed by atoms with Crippen LogP contribution in [0.1, 0.15) is 66.6 Å². The van der Waals surface area contributed by atoms with E-state index in [0.29, 0.717) is 35.3 Å². The molecular weight excluding hydrogens is 620 g/mol. The van der Waals surface area contributed by atoms with Gasteiger partial charge in [-0.25, -0.2) is 4.79 Å². The zero-order valence-electron chi connectivity index (χ0n) is 23.4. The number of hydrogen-bond acceptors (Lipinski definition) is 7. The minimum absolute atomic E-state index is 0.246. The van der Waals surface area contributed by atoms with E-state index in [1.54, 1.807) is 23.7 Å². The predicted octanol–water partition coefficient (Wildman–Crippen LogP) is 7.18. The summed E-state index contributed by atoms with van der Waals surface area (Å²) in [5.41, 5.74) is 3.59. The van der Waals surface area contributed by atoms with E-state index in [1.807, 2.05) is 54.6 Å². The number of unbranched alkanes of at least 4 members (excludes halogenated alkanes) is 2. The molecule has 42 heavy (non-hydrogen) atoms. The Morgan fingerprint density at radius 1 is 1.10 bits per heavy atom. The molecule has 0 radical (unpaired) electrons. The second-order valence-electron chi connectivity index (χ2n) is 9.74. The Kier molecular flexibility index (Phi) is 9.89. The number of rotatable bonds is 13. The average Bonchev–Trinajstić information content (AvgIpc) is 3.63. The van der Waals surface area contributed by atoms with Gasteiger partial charge in [0.2, 0.25) is 0 Å². The summed E-state index contributed by atoms with van der Waals surface area (Å²) in [7, 11) is 0. The van der Waals surface area contributed by atoms with Crippen LogP contribution in [0.3, 0.4) is 0 Å². The Bertz CT molecular complexity index is 1650. The highest BCUT2D eigenvalue weighted by atomic mass is 79.9. The number of H-pyrrole nitrogens is 1. The molecule has 3 aromatic carbocycles. The van der Waals surface area contributed by atoms with Crippen LogP contribution in [-0.4, -0.2) is 44.3 Å². The van der Waals surface area contributed by atoms with Gasteiger partial charge in [-0.2, -0.15) is 4.68 Å². The first kappa shape index (κ1) is 29.8. The van der Waals surface area contributed by atoms with Crippen LogP contribution in [0, 0.1) is 0 Å². The van der Waals surface area contributed by atoms with Crippen molar-refractivity contribution in [3.05, 3.63) is 98.9 Å². The smallest absolute Gasteiger partial charge is 0.355 e. The van der Waals surface area contributed by atoms with Crippen LogP contribution < -0.4 is 10.1 Å². The lowest BCUT2D eigenvalue weighted by Gasteiger charge is -2.20. The molecule has 218 valence electrons. The molecule has 5 rings (SSSR count). The number of esters is 1. The van der Waals surface area contributed by atoms with Crippen LogP contribution in [0.25, 0.3) is 16.6 Å². The number of hydrogen-bond donors (Lipinski definition) is 2. The molecule has 5 aromatic rings. The van der Waals surface area contributed by atoms with Crippen molar-refractivity contribution < 1.29 is 14.3 Å². The number of carbonyl (C=O) groups excluding carboxylic acids is 1. The number of ether oxygens (including phenoxy) is 2. The van der Waals surface area contributed by atoms with Gasteiger partial charge < -0.3 is 19.8 Å². The van der Waals surface area contributed by atoms with Crippen LogP contribution in [0.15, 0.2) is 71.2 Å². The van der Waals surface area contributed by atoms with E-state index in [2.05, 4.69) is 48.7 Å². The Labute approximate surface area is 257 Å². The number of nitrogens with one attached hydrogen (secondary N) is 2. The van der Waals surface area contributed by atoms with Gasteiger partial charge in [-0.05, 0) is 72.8 Å². The SMILES string of the molecule is CCCCCNC(c1c(C(=O)OCC)[nH]c2cc(Cl)ccc12)c1nnnn1-c1ccc(OCc2ccccc2Br)cc1. The van der Waals surface area contributed by atoms with Crippen LogP contribution in [0.4, 0.5) is 0 Å². The average molecular weight is 652 g/mol. The first-order chi connectivity index (χ1) is 20.5. The van der Waals surface area contributed by atoms with Gasteiger partial charge in [0.05, 0.1) is 18.3 Å². The van der Waals surface area contributed by atoms with Crippen molar-refractivity contribution in [1.82, 2.24) is 30.5 Å². The number of aromatic amines is 1. The van der Waals surface area contributed by atoms with Crippen molar-refractivity contribution in [3.8, 4) is 11.4 Å². The van der Waals surface area contributed by atoms with E-state index >= 15 is 0 Å². The fourth-order valence-corrected chi connectivity index (χ4v) is 5.39. The van der Waals surface area contributed by atoms with Crippen molar-refractivity contribution in [2.75, 3.05) is 13.2 Å². The van der Waals surface area contributed by atoms with Crippen LogP contribution in [0.5, 0.6) is 5.75 Å². The van der Waals surface area contributed by atoms with E-state index in [9.17, 15) is 4.79 Å². The van der Waals surface area contributed by atoms with Gasteiger partial charge in [-0.3, -0.25) is 0 Å². The van der Waals surface area contributed by atoms with Crippen LogP contribution in [0.2, 0.25) is 5.02 Å². The van der Waals surface area contributed by atoms with Crippen LogP contribution in [-0.2, 0) is 11.3 Å². The van der Waals surface area contributed by atoms with Crippen molar-refractivity contribution in [2.24, 2.45) is 0 Å². The van der Waals surface area contributed by atoms with Gasteiger partial charge in [0.15, 0.2) is 5.82 Å². The Morgan fingerprint density at radius 3 is 2.67 bits per heavy atom. The molecule has 0 bridgehead atoms. The molecule has 0 saturated carbocycles. The van der Waals surface area contributed by atoms with Gasteiger partial charge in [0.1, 0.15) is 18.1 Å². The summed E-state index contributed by atoms with van der Waals surface area (Å²) < 4.78 is 14.1. The van der Waals surface area contributed by atoms with Gasteiger partial charge in [-0.1, -0.05) is 71.6 Å². The summed E-state index contributed by atoms with van der Waals surface area (Å²) in [4.78, 5) is 16.4. The quantitative estimate of drug-likeness (QED) is 0.103. The molecule has 2 N–H and O–H groups in total. The largest absolute Gasteiger partial charge is 0.489 e. The Balaban J connectivity index is 1.50. The molecule has 0 aliphatic carbocycles. The fourth-order valence-electron chi connectivity index (χ4n) is 4.82. The van der Waals surface area contributed by atoms with Crippen molar-refractivity contribution in [3.63, 3.8) is 0 Å². The van der Waals surface area contributed by atoms with E-state index in [4.69, 9.17) is 21.1 Å². The summed E-state index contributed by atoms with van der Waals surface area (Å²) in [5.74, 6) is 0.803. The predicted molar refractivity (Wildman–Crippen MR) is 166 cm³/mol. The third kappa shape index (κ3) is 6.67. The number of aromatic nitrogens is 5. The first-order valence-electron chi connectivity index (χ1n) is 14.0. The zero-order valence-corrected chi connectivity index (χ0v) is 25.8. The molecule has 0 aliphatic rings. The Hall–Kier alpha value is -3.73. The number of tetrazole rings is 1. The van der Waals surface area contributed by atoms with E-state index in [-0.39, 0.29) is 6.61 Å². The minimum atomic E-state index is -0.516. The summed E-state index contributed by atoms with van der Waals surface area (Å²) in [6.07, 6.45) is 3.11. The molecule has 2 aromatic heterocycles. The number of benzene rings is 3. The standard InChI is InChI=1S/C31H32BrClN6O3/c1-3-5-8-17-34-28(27-24-16-11-21(33)18-26(24)35-29(27)31(40)41-4-2)30-36-37-38-39(30)22-12-14-23(15-13-22)42-19-20-9-6-7-10-25(20)32/h6-7,9-16,18,28,34-35H,3-5,8,17,19H2,1-2H3. The van der Waals surface area contributed by atoms with Crippen molar-refractivity contribution in [1.29, 1.82) is 0 Å². The number of halogens is 2. The maximum Gasteiger partial charge on any atom is 0.355 e. The highest BCUT2D eigenvalue weighted by Crippen LogP contribution is 2.34. The molecule has 1 unspecified atom stereocenters. The fraction of sp³-hybridized carbons (Fsp3) is 0.290. The van der Waals surface area contributed by atoms with E-state index in [1.165, 1.54) is 0 Å². The summed E-state index contributed by atoms with van der Waals surface area (Å²) in [5, 5.41) is 17.8. The Morgan fingerprint density at radius 2 is 1.90 bits per heavy atom.